The van der Waals surface area contributed by atoms with Crippen molar-refractivity contribution in [3.8, 4) is 17.2 Å². The summed E-state index contributed by atoms with van der Waals surface area (Å²) in [6.07, 6.45) is -0.0383. The van der Waals surface area contributed by atoms with Crippen molar-refractivity contribution in [2.75, 3.05) is 0 Å². The molecule has 2 aromatic rings. The van der Waals surface area contributed by atoms with Crippen molar-refractivity contribution in [2.45, 2.75) is 46.1 Å². The Morgan fingerprint density at radius 2 is 1.38 bits per heavy atom. The summed E-state index contributed by atoms with van der Waals surface area (Å²) in [5, 5.41) is 36.7. The lowest BCUT2D eigenvalue weighted by atomic mass is 9.80. The lowest BCUT2D eigenvalue weighted by molar-refractivity contribution is -0.135. The Morgan fingerprint density at radius 3 is 1.85 bits per heavy atom. The number of hydrogen-bond acceptors (Lipinski definition) is 5. The molecule has 0 saturated carbocycles. The maximum Gasteiger partial charge on any atom is 0.300 e. The first-order valence-electron chi connectivity index (χ1n) is 7.94. The lowest BCUT2D eigenvalue weighted by Gasteiger charge is -2.22. The van der Waals surface area contributed by atoms with E-state index in [1.54, 1.807) is 6.07 Å². The summed E-state index contributed by atoms with van der Waals surface area (Å²) in [4.78, 5) is 18.0. The quantitative estimate of drug-likeness (QED) is 0.527. The number of carboxylic acids is 2. The van der Waals surface area contributed by atoms with E-state index >= 15 is 0 Å². The van der Waals surface area contributed by atoms with Gasteiger partial charge in [0.25, 0.3) is 11.9 Å². The average molecular weight is 364 g/mol. The first-order chi connectivity index (χ1) is 11.9. The molecular weight excluding hydrogens is 340 g/mol. The summed E-state index contributed by atoms with van der Waals surface area (Å²) in [7, 11) is 0. The van der Waals surface area contributed by atoms with Gasteiger partial charge in [-0.2, -0.15) is 0 Å². The minimum atomic E-state index is -0.833. The molecule has 1 atom stereocenters. The second kappa shape index (κ2) is 7.95. The van der Waals surface area contributed by atoms with Crippen LogP contribution in [0.15, 0.2) is 24.3 Å². The fourth-order valence-electron chi connectivity index (χ4n) is 2.62. The Kier molecular flexibility index (Phi) is 6.44. The third kappa shape index (κ3) is 4.36. The average Bonchev–Trinajstić information content (AvgIpc) is 2.74. The largest absolute Gasteiger partial charge is 0.504 e. The molecular formula is C19H24O7. The summed E-state index contributed by atoms with van der Waals surface area (Å²) >= 11 is 0. The third-order valence-electron chi connectivity index (χ3n) is 4.07. The molecule has 1 unspecified atom stereocenters. The van der Waals surface area contributed by atoms with Gasteiger partial charge in [-0.05, 0) is 6.92 Å². The third-order valence-corrected chi connectivity index (χ3v) is 4.07. The highest BCUT2D eigenvalue weighted by molar-refractivity contribution is 5.97. The van der Waals surface area contributed by atoms with E-state index in [-0.39, 0.29) is 23.0 Å². The number of benzene rings is 2. The van der Waals surface area contributed by atoms with Crippen molar-refractivity contribution in [3.63, 3.8) is 0 Å². The molecule has 1 aliphatic heterocycles. The molecule has 7 heteroatoms. The summed E-state index contributed by atoms with van der Waals surface area (Å²) in [5.74, 6) is -1.09. The molecule has 0 fully saturated rings. The standard InChI is InChI=1S/C15H16O3.2C2H4O2/c1-8-15(2,3)11-13(17)12(16)9-6-4-5-7-10(9)14(11)18-8;2*1-2(3)4/h4-8,16-17H,1-3H3;2*1H3,(H,3,4). The number of ether oxygens (including phenoxy) is 1. The van der Waals surface area contributed by atoms with Crippen LogP contribution in [0.4, 0.5) is 0 Å². The van der Waals surface area contributed by atoms with Gasteiger partial charge in [0.2, 0.25) is 0 Å². The van der Waals surface area contributed by atoms with Crippen LogP contribution in [0.5, 0.6) is 17.2 Å². The van der Waals surface area contributed by atoms with Crippen LogP contribution in [0.3, 0.4) is 0 Å². The molecule has 4 N–H and O–H groups in total. The molecule has 0 radical (unpaired) electrons. The molecule has 0 bridgehead atoms. The van der Waals surface area contributed by atoms with Gasteiger partial charge >= 0.3 is 0 Å². The molecule has 26 heavy (non-hydrogen) atoms. The van der Waals surface area contributed by atoms with Crippen molar-refractivity contribution in [2.24, 2.45) is 0 Å². The van der Waals surface area contributed by atoms with Gasteiger partial charge < -0.3 is 25.2 Å². The number of carboxylic acid groups (broad SMARTS) is 2. The number of carbonyl (C=O) groups is 2. The van der Waals surface area contributed by atoms with E-state index < -0.39 is 11.9 Å². The van der Waals surface area contributed by atoms with E-state index in [4.69, 9.17) is 24.5 Å². The zero-order valence-corrected chi connectivity index (χ0v) is 15.4. The molecule has 0 aromatic heterocycles. The van der Waals surface area contributed by atoms with Crippen molar-refractivity contribution in [1.29, 1.82) is 0 Å². The number of aromatic hydroxyl groups is 2. The molecule has 1 aliphatic rings. The fourth-order valence-corrected chi connectivity index (χ4v) is 2.62. The van der Waals surface area contributed by atoms with Crippen LogP contribution in [0, 0.1) is 0 Å². The summed E-state index contributed by atoms with van der Waals surface area (Å²) < 4.78 is 5.90. The first kappa shape index (κ1) is 21.1. The van der Waals surface area contributed by atoms with Gasteiger partial charge in [0.05, 0.1) is 0 Å². The van der Waals surface area contributed by atoms with E-state index in [0.29, 0.717) is 16.7 Å². The Morgan fingerprint density at radius 1 is 0.962 bits per heavy atom. The molecule has 142 valence electrons. The number of phenols is 2. The lowest BCUT2D eigenvalue weighted by Crippen LogP contribution is -2.28. The normalized spacial score (nSPS) is 16.3. The highest BCUT2D eigenvalue weighted by atomic mass is 16.5. The molecule has 7 nitrogen and oxygen atoms in total. The number of rotatable bonds is 0. The Labute approximate surface area is 151 Å². The summed E-state index contributed by atoms with van der Waals surface area (Å²) in [6, 6.07) is 7.42. The highest BCUT2D eigenvalue weighted by Crippen LogP contribution is 2.54. The van der Waals surface area contributed by atoms with Crippen LogP contribution < -0.4 is 4.74 Å². The summed E-state index contributed by atoms with van der Waals surface area (Å²) in [6.45, 7) is 8.17. The van der Waals surface area contributed by atoms with Crippen LogP contribution in [-0.2, 0) is 15.0 Å². The first-order valence-corrected chi connectivity index (χ1v) is 7.94. The number of fused-ring (bicyclic) bond motifs is 3. The highest BCUT2D eigenvalue weighted by Gasteiger charge is 2.43. The molecule has 0 aliphatic carbocycles. The van der Waals surface area contributed by atoms with Gasteiger partial charge in [-0.15, -0.1) is 0 Å². The zero-order chi connectivity index (χ0) is 20.2. The van der Waals surface area contributed by atoms with E-state index in [0.717, 1.165) is 19.2 Å². The van der Waals surface area contributed by atoms with E-state index in [9.17, 15) is 10.2 Å². The van der Waals surface area contributed by atoms with E-state index in [1.807, 2.05) is 39.0 Å². The number of hydrogen-bond donors (Lipinski definition) is 4. The van der Waals surface area contributed by atoms with Crippen LogP contribution in [0.2, 0.25) is 0 Å². The second-order valence-corrected chi connectivity index (χ2v) is 6.47. The Hall–Kier alpha value is -2.96. The van der Waals surface area contributed by atoms with E-state index in [1.165, 1.54) is 0 Å². The van der Waals surface area contributed by atoms with Crippen LogP contribution >= 0.6 is 0 Å². The van der Waals surface area contributed by atoms with Crippen molar-refractivity contribution >= 4 is 22.7 Å². The molecule has 0 saturated heterocycles. The number of phenolic OH excluding ortho intramolecular Hbond substituents is 2. The predicted octanol–water partition coefficient (Wildman–Crippen LogP) is 3.49. The van der Waals surface area contributed by atoms with Crippen LogP contribution in [-0.4, -0.2) is 38.5 Å². The molecule has 0 spiro atoms. The van der Waals surface area contributed by atoms with Crippen molar-refractivity contribution in [1.82, 2.24) is 0 Å². The van der Waals surface area contributed by atoms with Gasteiger partial charge in [-0.25, -0.2) is 0 Å². The summed E-state index contributed by atoms with van der Waals surface area (Å²) in [5.41, 5.74) is 0.382. The van der Waals surface area contributed by atoms with Crippen LogP contribution in [0.1, 0.15) is 40.2 Å². The van der Waals surface area contributed by atoms with Gasteiger partial charge in [0, 0.05) is 35.6 Å². The topological polar surface area (TPSA) is 124 Å². The Bertz CT molecular complexity index is 804. The van der Waals surface area contributed by atoms with Gasteiger partial charge in [0.1, 0.15) is 11.9 Å². The molecule has 0 amide bonds. The maximum atomic E-state index is 10.2. The molecule has 2 aromatic carbocycles. The van der Waals surface area contributed by atoms with Crippen LogP contribution in [0.25, 0.3) is 10.8 Å². The zero-order valence-electron chi connectivity index (χ0n) is 15.4. The molecule has 1 heterocycles. The van der Waals surface area contributed by atoms with Gasteiger partial charge in [-0.3, -0.25) is 9.59 Å². The number of aliphatic carboxylic acids is 2. The predicted molar refractivity (Wildman–Crippen MR) is 97.0 cm³/mol. The van der Waals surface area contributed by atoms with E-state index in [2.05, 4.69) is 0 Å². The smallest absolute Gasteiger partial charge is 0.300 e. The Balaban J connectivity index is 0.000000360. The minimum Gasteiger partial charge on any atom is -0.504 e. The molecule has 3 rings (SSSR count). The van der Waals surface area contributed by atoms with Gasteiger partial charge in [-0.1, -0.05) is 38.1 Å². The SMILES string of the molecule is CC(=O)O.CC(=O)O.CC1Oc2c(c(O)c(O)c3ccccc23)C1(C)C. The van der Waals surface area contributed by atoms with Crippen molar-refractivity contribution < 1.29 is 34.8 Å². The van der Waals surface area contributed by atoms with Gasteiger partial charge in [0.15, 0.2) is 11.5 Å². The fraction of sp³-hybridized carbons (Fsp3) is 0.368. The second-order valence-electron chi connectivity index (χ2n) is 6.47. The van der Waals surface area contributed by atoms with Crippen molar-refractivity contribution in [3.05, 3.63) is 29.8 Å². The monoisotopic (exact) mass is 364 g/mol. The minimum absolute atomic E-state index is 0.0383. The maximum absolute atomic E-state index is 10.2.